The van der Waals surface area contributed by atoms with E-state index in [4.69, 9.17) is 4.42 Å². The Hall–Kier alpha value is -1.63. The third-order valence-electron chi connectivity index (χ3n) is 3.49. The van der Waals surface area contributed by atoms with Gasteiger partial charge in [0, 0.05) is 45.7 Å². The van der Waals surface area contributed by atoms with Crippen LogP contribution in [0.1, 0.15) is 32.6 Å². The van der Waals surface area contributed by atoms with Crippen molar-refractivity contribution >= 4 is 6.03 Å². The molecule has 1 aromatic rings. The van der Waals surface area contributed by atoms with Gasteiger partial charge in [0.1, 0.15) is 0 Å². The van der Waals surface area contributed by atoms with E-state index in [9.17, 15) is 4.79 Å². The van der Waals surface area contributed by atoms with Crippen LogP contribution in [-0.2, 0) is 12.0 Å². The molecule has 0 unspecified atom stereocenters. The zero-order chi connectivity index (χ0) is 15.6. The number of carbonyl (C=O) groups excluding carboxylic acids is 1. The zero-order valence-corrected chi connectivity index (χ0v) is 13.6. The van der Waals surface area contributed by atoms with E-state index in [1.807, 2.05) is 4.90 Å². The molecule has 118 valence electrons. The molecule has 0 radical (unpaired) electrons. The number of amides is 2. The largest absolute Gasteiger partial charge is 0.423 e. The van der Waals surface area contributed by atoms with Crippen molar-refractivity contribution in [3.63, 3.8) is 0 Å². The van der Waals surface area contributed by atoms with E-state index in [1.165, 1.54) is 0 Å². The predicted octanol–water partition coefficient (Wildman–Crippen LogP) is 1.17. The number of urea groups is 1. The van der Waals surface area contributed by atoms with Gasteiger partial charge in [0.05, 0.1) is 6.54 Å². The summed E-state index contributed by atoms with van der Waals surface area (Å²) in [6.07, 6.45) is 0. The Morgan fingerprint density at radius 2 is 1.81 bits per heavy atom. The molecule has 7 nitrogen and oxygen atoms in total. The number of rotatable bonds is 2. The van der Waals surface area contributed by atoms with Crippen LogP contribution in [-0.4, -0.2) is 71.2 Å². The number of carbonyl (C=O) groups is 1. The maximum absolute atomic E-state index is 11.9. The van der Waals surface area contributed by atoms with Crippen LogP contribution in [0.15, 0.2) is 4.42 Å². The summed E-state index contributed by atoms with van der Waals surface area (Å²) in [5, 5.41) is 8.22. The lowest BCUT2D eigenvalue weighted by molar-refractivity contribution is 0.114. The second-order valence-electron chi connectivity index (χ2n) is 6.69. The molecule has 0 N–H and O–H groups in total. The standard InChI is InChI=1S/C14H25N5O2/c1-14(2,3)12-16-15-11(21-12)10-18-6-8-19(9-7-18)13(20)17(4)5/h6-10H2,1-5H3. The topological polar surface area (TPSA) is 65.7 Å². The van der Waals surface area contributed by atoms with Crippen LogP contribution in [0, 0.1) is 0 Å². The number of hydrogen-bond donors (Lipinski definition) is 0. The van der Waals surface area contributed by atoms with Crippen LogP contribution < -0.4 is 0 Å². The van der Waals surface area contributed by atoms with Gasteiger partial charge in [-0.25, -0.2) is 4.79 Å². The van der Waals surface area contributed by atoms with Crippen molar-refractivity contribution in [1.29, 1.82) is 0 Å². The molecular formula is C14H25N5O2. The lowest BCUT2D eigenvalue weighted by Gasteiger charge is -2.35. The van der Waals surface area contributed by atoms with Gasteiger partial charge in [-0.05, 0) is 0 Å². The fraction of sp³-hybridized carbons (Fsp3) is 0.786. The summed E-state index contributed by atoms with van der Waals surface area (Å²) in [6, 6.07) is 0.0717. The van der Waals surface area contributed by atoms with E-state index in [1.54, 1.807) is 19.0 Å². The lowest BCUT2D eigenvalue weighted by Crippen LogP contribution is -2.51. The lowest BCUT2D eigenvalue weighted by atomic mass is 9.97. The van der Waals surface area contributed by atoms with Crippen molar-refractivity contribution in [2.75, 3.05) is 40.3 Å². The SMILES string of the molecule is CN(C)C(=O)N1CCN(Cc2nnc(C(C)(C)C)o2)CC1. The summed E-state index contributed by atoms with van der Waals surface area (Å²) in [5.41, 5.74) is -0.123. The fourth-order valence-electron chi connectivity index (χ4n) is 2.19. The highest BCUT2D eigenvalue weighted by atomic mass is 16.4. The molecule has 0 atom stereocenters. The Kier molecular flexibility index (Phi) is 4.51. The molecule has 1 saturated heterocycles. The molecule has 2 heterocycles. The van der Waals surface area contributed by atoms with Crippen LogP contribution in [0.3, 0.4) is 0 Å². The van der Waals surface area contributed by atoms with Crippen molar-refractivity contribution in [3.05, 3.63) is 11.8 Å². The quantitative estimate of drug-likeness (QED) is 0.819. The van der Waals surface area contributed by atoms with Crippen LogP contribution >= 0.6 is 0 Å². The molecule has 1 fully saturated rings. The molecule has 1 aliphatic rings. The van der Waals surface area contributed by atoms with Crippen LogP contribution in [0.2, 0.25) is 0 Å². The van der Waals surface area contributed by atoms with Gasteiger partial charge >= 0.3 is 6.03 Å². The van der Waals surface area contributed by atoms with Gasteiger partial charge in [0.25, 0.3) is 0 Å². The monoisotopic (exact) mass is 295 g/mol. The summed E-state index contributed by atoms with van der Waals surface area (Å²) in [4.78, 5) is 17.6. The van der Waals surface area contributed by atoms with Crippen molar-refractivity contribution in [1.82, 2.24) is 24.9 Å². The normalized spacial score (nSPS) is 17.1. The van der Waals surface area contributed by atoms with Gasteiger partial charge in [-0.15, -0.1) is 10.2 Å². The average Bonchev–Trinajstić information content (AvgIpc) is 2.87. The second-order valence-corrected chi connectivity index (χ2v) is 6.69. The van der Waals surface area contributed by atoms with E-state index in [0.717, 1.165) is 26.2 Å². The Labute approximate surface area is 125 Å². The van der Waals surface area contributed by atoms with Gasteiger partial charge in [-0.3, -0.25) is 4.90 Å². The Morgan fingerprint density at radius 3 is 2.29 bits per heavy atom. The smallest absolute Gasteiger partial charge is 0.319 e. The predicted molar refractivity (Wildman–Crippen MR) is 78.9 cm³/mol. The highest BCUT2D eigenvalue weighted by molar-refractivity contribution is 5.73. The average molecular weight is 295 g/mol. The van der Waals surface area contributed by atoms with E-state index < -0.39 is 0 Å². The molecule has 0 saturated carbocycles. The first-order valence-corrected chi connectivity index (χ1v) is 7.29. The van der Waals surface area contributed by atoms with Gasteiger partial charge in [-0.2, -0.15) is 0 Å². The molecule has 2 rings (SSSR count). The highest BCUT2D eigenvalue weighted by Crippen LogP contribution is 2.20. The molecule has 7 heteroatoms. The van der Waals surface area contributed by atoms with Crippen molar-refractivity contribution < 1.29 is 9.21 Å². The Bertz CT molecular complexity index is 484. The first-order valence-electron chi connectivity index (χ1n) is 7.29. The molecule has 1 aliphatic heterocycles. The summed E-state index contributed by atoms with van der Waals surface area (Å²) in [6.45, 7) is 9.92. The van der Waals surface area contributed by atoms with Crippen LogP contribution in [0.25, 0.3) is 0 Å². The first kappa shape index (κ1) is 15.8. The van der Waals surface area contributed by atoms with Crippen molar-refractivity contribution in [3.8, 4) is 0 Å². The van der Waals surface area contributed by atoms with E-state index in [2.05, 4.69) is 35.9 Å². The number of hydrogen-bond acceptors (Lipinski definition) is 5. The number of piperazine rings is 1. The maximum Gasteiger partial charge on any atom is 0.319 e. The minimum Gasteiger partial charge on any atom is -0.423 e. The fourth-order valence-corrected chi connectivity index (χ4v) is 2.19. The summed E-state index contributed by atoms with van der Waals surface area (Å²) < 4.78 is 5.71. The van der Waals surface area contributed by atoms with Gasteiger partial charge in [-0.1, -0.05) is 20.8 Å². The van der Waals surface area contributed by atoms with E-state index in [0.29, 0.717) is 18.3 Å². The number of nitrogens with zero attached hydrogens (tertiary/aromatic N) is 5. The minimum absolute atomic E-state index is 0.0717. The molecular weight excluding hydrogens is 270 g/mol. The third-order valence-corrected chi connectivity index (χ3v) is 3.49. The zero-order valence-electron chi connectivity index (χ0n) is 13.6. The number of aromatic nitrogens is 2. The second kappa shape index (κ2) is 6.01. The van der Waals surface area contributed by atoms with Crippen LogP contribution in [0.4, 0.5) is 4.79 Å². The summed E-state index contributed by atoms with van der Waals surface area (Å²) in [7, 11) is 3.56. The molecule has 0 aromatic carbocycles. The Morgan fingerprint density at radius 1 is 1.19 bits per heavy atom. The maximum atomic E-state index is 11.9. The minimum atomic E-state index is -0.123. The highest BCUT2D eigenvalue weighted by Gasteiger charge is 2.25. The van der Waals surface area contributed by atoms with Crippen molar-refractivity contribution in [2.24, 2.45) is 0 Å². The molecule has 21 heavy (non-hydrogen) atoms. The van der Waals surface area contributed by atoms with Gasteiger partial charge in [0.15, 0.2) is 0 Å². The summed E-state index contributed by atoms with van der Waals surface area (Å²) >= 11 is 0. The molecule has 2 amide bonds. The van der Waals surface area contributed by atoms with E-state index in [-0.39, 0.29) is 11.4 Å². The van der Waals surface area contributed by atoms with Gasteiger partial charge < -0.3 is 14.2 Å². The third kappa shape index (κ3) is 3.93. The molecule has 0 aliphatic carbocycles. The van der Waals surface area contributed by atoms with E-state index >= 15 is 0 Å². The van der Waals surface area contributed by atoms with Crippen LogP contribution in [0.5, 0.6) is 0 Å². The van der Waals surface area contributed by atoms with Gasteiger partial charge in [0.2, 0.25) is 11.8 Å². The van der Waals surface area contributed by atoms with Crippen molar-refractivity contribution in [2.45, 2.75) is 32.7 Å². The molecule has 0 spiro atoms. The molecule has 0 bridgehead atoms. The Balaban J connectivity index is 1.86. The summed E-state index contributed by atoms with van der Waals surface area (Å²) in [5.74, 6) is 1.31. The first-order chi connectivity index (χ1) is 9.77. The molecule has 1 aromatic heterocycles.